The third kappa shape index (κ3) is 3.46. The first-order valence-corrected chi connectivity index (χ1v) is 8.84. The Labute approximate surface area is 153 Å². The van der Waals surface area contributed by atoms with Gasteiger partial charge in [-0.25, -0.2) is 9.18 Å². The Hall–Kier alpha value is -3.11. The summed E-state index contributed by atoms with van der Waals surface area (Å²) in [5.74, 6) is 2.53. The highest BCUT2D eigenvalue weighted by molar-refractivity contribution is 7.19. The lowest BCUT2D eigenvalue weighted by Gasteiger charge is -2.10. The Morgan fingerprint density at radius 3 is 2.88 bits per heavy atom. The standard InChI is InChI=1S/C19H14FN3O2S/c1-2-13-10-15-18(26-13)17(7-8-21-15)25-16-6-5-12(9-14(16)20)23-19(24)22-11-3-4-11/h1,5-11H,3-4H2,(H2,22,23,24). The molecule has 130 valence electrons. The second-order valence-electron chi connectivity index (χ2n) is 5.90. The van der Waals surface area contributed by atoms with Crippen molar-refractivity contribution in [3.05, 3.63) is 47.2 Å². The number of thiophene rings is 1. The highest BCUT2D eigenvalue weighted by Crippen LogP contribution is 2.35. The molecular weight excluding hydrogens is 353 g/mol. The number of rotatable bonds is 4. The molecule has 0 spiro atoms. The van der Waals surface area contributed by atoms with E-state index in [0.717, 1.165) is 22.4 Å². The summed E-state index contributed by atoms with van der Waals surface area (Å²) in [6.45, 7) is 0. The van der Waals surface area contributed by atoms with Gasteiger partial charge in [0.15, 0.2) is 11.6 Å². The number of pyridine rings is 1. The fourth-order valence-corrected chi connectivity index (χ4v) is 3.30. The molecule has 2 heterocycles. The number of amides is 2. The molecule has 2 amide bonds. The highest BCUT2D eigenvalue weighted by Gasteiger charge is 2.23. The first-order valence-electron chi connectivity index (χ1n) is 8.02. The van der Waals surface area contributed by atoms with E-state index in [4.69, 9.17) is 11.2 Å². The zero-order valence-corrected chi connectivity index (χ0v) is 14.4. The summed E-state index contributed by atoms with van der Waals surface area (Å²) in [4.78, 5) is 16.7. The van der Waals surface area contributed by atoms with Crippen LogP contribution in [0.3, 0.4) is 0 Å². The number of aromatic nitrogens is 1. The normalized spacial score (nSPS) is 13.2. The number of ether oxygens (including phenoxy) is 1. The van der Waals surface area contributed by atoms with Gasteiger partial charge in [0.2, 0.25) is 0 Å². The predicted molar refractivity (Wildman–Crippen MR) is 99.2 cm³/mol. The summed E-state index contributed by atoms with van der Waals surface area (Å²) >= 11 is 1.36. The van der Waals surface area contributed by atoms with E-state index in [1.165, 1.54) is 23.5 Å². The molecule has 1 saturated carbocycles. The minimum Gasteiger partial charge on any atom is -0.453 e. The van der Waals surface area contributed by atoms with Crippen molar-refractivity contribution in [1.82, 2.24) is 10.3 Å². The van der Waals surface area contributed by atoms with Gasteiger partial charge in [-0.3, -0.25) is 4.98 Å². The smallest absolute Gasteiger partial charge is 0.319 e. The highest BCUT2D eigenvalue weighted by atomic mass is 32.1. The number of terminal acetylenes is 1. The fourth-order valence-electron chi connectivity index (χ4n) is 2.43. The van der Waals surface area contributed by atoms with Crippen molar-refractivity contribution < 1.29 is 13.9 Å². The SMILES string of the molecule is C#Cc1cc2nccc(Oc3ccc(NC(=O)NC4CC4)cc3F)c2s1. The van der Waals surface area contributed by atoms with Gasteiger partial charge in [0.25, 0.3) is 0 Å². The molecule has 1 aliphatic rings. The van der Waals surface area contributed by atoms with Gasteiger partial charge >= 0.3 is 6.03 Å². The minimum atomic E-state index is -0.576. The number of halogens is 1. The molecule has 26 heavy (non-hydrogen) atoms. The van der Waals surface area contributed by atoms with Crippen LogP contribution in [-0.2, 0) is 0 Å². The third-order valence-corrected chi connectivity index (χ3v) is 4.91. The van der Waals surface area contributed by atoms with E-state index < -0.39 is 5.82 Å². The summed E-state index contributed by atoms with van der Waals surface area (Å²) in [5.41, 5.74) is 1.06. The van der Waals surface area contributed by atoms with Gasteiger partial charge in [0.05, 0.1) is 15.1 Å². The topological polar surface area (TPSA) is 63.2 Å². The molecule has 0 bridgehead atoms. The number of carbonyl (C=O) groups excluding carboxylic acids is 1. The maximum absolute atomic E-state index is 14.4. The van der Waals surface area contributed by atoms with Gasteiger partial charge in [-0.05, 0) is 31.0 Å². The molecular formula is C19H14FN3O2S. The number of fused-ring (bicyclic) bond motifs is 1. The van der Waals surface area contributed by atoms with Crippen LogP contribution in [0.4, 0.5) is 14.9 Å². The van der Waals surface area contributed by atoms with E-state index in [0.29, 0.717) is 17.0 Å². The summed E-state index contributed by atoms with van der Waals surface area (Å²) in [6.07, 6.45) is 8.98. The van der Waals surface area contributed by atoms with Gasteiger partial charge in [0, 0.05) is 30.1 Å². The number of hydrogen-bond acceptors (Lipinski definition) is 4. The number of carbonyl (C=O) groups is 1. The van der Waals surface area contributed by atoms with Crippen molar-refractivity contribution in [2.75, 3.05) is 5.32 Å². The van der Waals surface area contributed by atoms with Gasteiger partial charge in [-0.1, -0.05) is 5.92 Å². The quantitative estimate of drug-likeness (QED) is 0.668. The first kappa shape index (κ1) is 16.4. The molecule has 4 rings (SSSR count). The van der Waals surface area contributed by atoms with Crippen LogP contribution >= 0.6 is 11.3 Å². The molecule has 0 unspecified atom stereocenters. The zero-order valence-electron chi connectivity index (χ0n) is 13.6. The van der Waals surface area contributed by atoms with Crippen molar-refractivity contribution in [2.45, 2.75) is 18.9 Å². The molecule has 2 N–H and O–H groups in total. The largest absolute Gasteiger partial charge is 0.453 e. The van der Waals surface area contributed by atoms with E-state index in [2.05, 4.69) is 21.5 Å². The number of anilines is 1. The van der Waals surface area contributed by atoms with Crippen LogP contribution in [0.1, 0.15) is 17.7 Å². The van der Waals surface area contributed by atoms with E-state index in [9.17, 15) is 9.18 Å². The predicted octanol–water partition coefficient (Wildman–Crippen LogP) is 4.49. The van der Waals surface area contributed by atoms with Crippen LogP contribution in [0.5, 0.6) is 11.5 Å². The monoisotopic (exact) mass is 367 g/mol. The van der Waals surface area contributed by atoms with Crippen LogP contribution in [0.25, 0.3) is 10.2 Å². The number of urea groups is 1. The number of nitrogens with zero attached hydrogens (tertiary/aromatic N) is 1. The Morgan fingerprint density at radius 2 is 2.15 bits per heavy atom. The maximum Gasteiger partial charge on any atom is 0.319 e. The van der Waals surface area contributed by atoms with Crippen molar-refractivity contribution in [3.63, 3.8) is 0 Å². The average Bonchev–Trinajstić information content (AvgIpc) is 3.32. The lowest BCUT2D eigenvalue weighted by Crippen LogP contribution is -2.30. The van der Waals surface area contributed by atoms with Crippen LogP contribution in [-0.4, -0.2) is 17.1 Å². The lowest BCUT2D eigenvalue weighted by atomic mass is 10.3. The third-order valence-electron chi connectivity index (χ3n) is 3.84. The van der Waals surface area contributed by atoms with Gasteiger partial charge in [0.1, 0.15) is 5.75 Å². The second-order valence-corrected chi connectivity index (χ2v) is 6.95. The second kappa shape index (κ2) is 6.65. The summed E-state index contributed by atoms with van der Waals surface area (Å²) < 4.78 is 20.9. The van der Waals surface area contributed by atoms with Crippen molar-refractivity contribution >= 4 is 33.3 Å². The van der Waals surface area contributed by atoms with Crippen LogP contribution in [0.15, 0.2) is 36.5 Å². The molecule has 0 aliphatic heterocycles. The molecule has 3 aromatic rings. The maximum atomic E-state index is 14.4. The van der Waals surface area contributed by atoms with Gasteiger partial charge in [-0.2, -0.15) is 0 Å². The van der Waals surface area contributed by atoms with Gasteiger partial charge < -0.3 is 15.4 Å². The van der Waals surface area contributed by atoms with Crippen LogP contribution < -0.4 is 15.4 Å². The number of benzene rings is 1. The molecule has 0 saturated heterocycles. The molecule has 7 heteroatoms. The van der Waals surface area contributed by atoms with Crippen molar-refractivity contribution in [1.29, 1.82) is 0 Å². The summed E-state index contributed by atoms with van der Waals surface area (Å²) in [6, 6.07) is 7.63. The molecule has 0 radical (unpaired) electrons. The van der Waals surface area contributed by atoms with Gasteiger partial charge in [-0.15, -0.1) is 17.8 Å². The first-order chi connectivity index (χ1) is 12.6. The molecule has 0 atom stereocenters. The Morgan fingerprint density at radius 1 is 1.31 bits per heavy atom. The van der Waals surface area contributed by atoms with Crippen molar-refractivity contribution in [3.8, 4) is 23.8 Å². The van der Waals surface area contributed by atoms with Crippen molar-refractivity contribution in [2.24, 2.45) is 0 Å². The molecule has 1 aliphatic carbocycles. The van der Waals surface area contributed by atoms with Crippen LogP contribution in [0, 0.1) is 18.2 Å². The molecule has 2 aromatic heterocycles. The zero-order chi connectivity index (χ0) is 18.1. The number of nitrogens with one attached hydrogen (secondary N) is 2. The minimum absolute atomic E-state index is 0.0568. The molecule has 5 nitrogen and oxygen atoms in total. The Balaban J connectivity index is 1.54. The molecule has 1 fully saturated rings. The lowest BCUT2D eigenvalue weighted by molar-refractivity contribution is 0.251. The van der Waals surface area contributed by atoms with Crippen LogP contribution in [0.2, 0.25) is 0 Å². The summed E-state index contributed by atoms with van der Waals surface area (Å²) in [7, 11) is 0. The number of hydrogen-bond donors (Lipinski definition) is 2. The Kier molecular flexibility index (Phi) is 4.19. The Bertz CT molecular complexity index is 1040. The van der Waals surface area contributed by atoms with E-state index in [1.54, 1.807) is 24.4 Å². The van der Waals surface area contributed by atoms with E-state index in [1.807, 2.05) is 0 Å². The fraction of sp³-hybridized carbons (Fsp3) is 0.158. The average molecular weight is 367 g/mol. The van der Waals surface area contributed by atoms with E-state index in [-0.39, 0.29) is 17.8 Å². The molecule has 1 aromatic carbocycles. The van der Waals surface area contributed by atoms with E-state index >= 15 is 0 Å². The summed E-state index contributed by atoms with van der Waals surface area (Å²) in [5, 5.41) is 5.39.